The van der Waals surface area contributed by atoms with Crippen molar-refractivity contribution in [1.29, 1.82) is 0 Å². The van der Waals surface area contributed by atoms with Crippen molar-refractivity contribution in [1.82, 2.24) is 15.1 Å². The number of aliphatic carboxylic acids is 1. The molecule has 1 N–H and O–H groups in total. The fourth-order valence-electron chi connectivity index (χ4n) is 4.09. The van der Waals surface area contributed by atoms with Crippen molar-refractivity contribution >= 4 is 22.4 Å². The van der Waals surface area contributed by atoms with Crippen molar-refractivity contribution < 1.29 is 32.5 Å². The largest absolute Gasteiger partial charge is 0.490 e. The summed E-state index contributed by atoms with van der Waals surface area (Å²) in [6.45, 7) is 9.18. The molecule has 1 spiro atoms. The maximum absolute atomic E-state index is 10.6. The Morgan fingerprint density at radius 2 is 1.90 bits per heavy atom. The lowest BCUT2D eigenvalue weighted by atomic mass is 9.71. The van der Waals surface area contributed by atoms with Gasteiger partial charge in [-0.3, -0.25) is 0 Å². The van der Waals surface area contributed by atoms with Gasteiger partial charge in [0.1, 0.15) is 5.01 Å². The lowest BCUT2D eigenvalue weighted by molar-refractivity contribution is -0.192. The zero-order valence-electron chi connectivity index (χ0n) is 17.4. The third kappa shape index (κ3) is 6.50. The number of anilines is 1. The van der Waals surface area contributed by atoms with Gasteiger partial charge in [-0.25, -0.2) is 4.79 Å². The molecule has 12 heteroatoms. The summed E-state index contributed by atoms with van der Waals surface area (Å²) in [6.07, 6.45) is -2.66. The second-order valence-corrected chi connectivity index (χ2v) is 8.80. The van der Waals surface area contributed by atoms with E-state index in [0.29, 0.717) is 11.3 Å². The SMILES string of the molecule is COCCN1CC(COC)C2(CCN(c3nnc(C)s3)CC2)C1.O=C(O)C(F)(F)F. The summed E-state index contributed by atoms with van der Waals surface area (Å²) >= 11 is 1.70. The third-order valence-corrected chi connectivity index (χ3v) is 6.55. The molecule has 0 saturated carbocycles. The fourth-order valence-corrected chi connectivity index (χ4v) is 4.83. The molecule has 1 aromatic heterocycles. The number of alkyl halides is 3. The lowest BCUT2D eigenvalue weighted by Gasteiger charge is -2.42. The second kappa shape index (κ2) is 10.7. The van der Waals surface area contributed by atoms with Gasteiger partial charge in [-0.1, -0.05) is 11.3 Å². The van der Waals surface area contributed by atoms with Crippen LogP contribution in [0.4, 0.5) is 18.3 Å². The summed E-state index contributed by atoms with van der Waals surface area (Å²) in [4.78, 5) is 13.8. The molecule has 2 aliphatic heterocycles. The van der Waals surface area contributed by atoms with E-state index < -0.39 is 12.1 Å². The average molecular weight is 455 g/mol. The third-order valence-electron chi connectivity index (χ3n) is 5.65. The zero-order chi connectivity index (χ0) is 22.4. The topological polar surface area (TPSA) is 88.0 Å². The van der Waals surface area contributed by atoms with Gasteiger partial charge in [0.2, 0.25) is 5.13 Å². The molecule has 2 aliphatic rings. The summed E-state index contributed by atoms with van der Waals surface area (Å²) in [5.74, 6) is -2.13. The molecule has 0 aliphatic carbocycles. The van der Waals surface area contributed by atoms with Crippen LogP contribution in [-0.2, 0) is 14.3 Å². The number of aromatic nitrogens is 2. The van der Waals surface area contributed by atoms with Gasteiger partial charge in [0, 0.05) is 52.9 Å². The first-order chi connectivity index (χ1) is 14.1. The summed E-state index contributed by atoms with van der Waals surface area (Å²) in [7, 11) is 3.60. The van der Waals surface area contributed by atoms with Gasteiger partial charge in [0.05, 0.1) is 13.2 Å². The molecular weight excluding hydrogens is 425 g/mol. The van der Waals surface area contributed by atoms with Crippen LogP contribution in [0.5, 0.6) is 0 Å². The van der Waals surface area contributed by atoms with Crippen molar-refractivity contribution in [3.63, 3.8) is 0 Å². The number of carboxylic acid groups (broad SMARTS) is 1. The van der Waals surface area contributed by atoms with E-state index in [1.807, 2.05) is 14.0 Å². The van der Waals surface area contributed by atoms with E-state index >= 15 is 0 Å². The highest BCUT2D eigenvalue weighted by molar-refractivity contribution is 7.15. The molecule has 2 saturated heterocycles. The number of hydrogen-bond acceptors (Lipinski definition) is 8. The monoisotopic (exact) mass is 454 g/mol. The van der Waals surface area contributed by atoms with Crippen molar-refractivity contribution in [2.75, 3.05) is 65.1 Å². The Hall–Kier alpha value is -1.50. The first kappa shape index (κ1) is 24.8. The maximum Gasteiger partial charge on any atom is 0.490 e. The van der Waals surface area contributed by atoms with Gasteiger partial charge in [-0.2, -0.15) is 13.2 Å². The van der Waals surface area contributed by atoms with E-state index in [2.05, 4.69) is 20.0 Å². The highest BCUT2D eigenvalue weighted by Gasteiger charge is 2.47. The number of rotatable bonds is 6. The Morgan fingerprint density at radius 3 is 2.37 bits per heavy atom. The Morgan fingerprint density at radius 1 is 1.27 bits per heavy atom. The Kier molecular flexibility index (Phi) is 8.83. The number of hydrogen-bond donors (Lipinski definition) is 1. The van der Waals surface area contributed by atoms with Crippen molar-refractivity contribution in [2.24, 2.45) is 11.3 Å². The van der Waals surface area contributed by atoms with Crippen molar-refractivity contribution in [2.45, 2.75) is 25.9 Å². The fraction of sp³-hybridized carbons (Fsp3) is 0.833. The van der Waals surface area contributed by atoms with E-state index in [9.17, 15) is 13.2 Å². The molecule has 2 fully saturated rings. The van der Waals surface area contributed by atoms with Gasteiger partial charge in [0.15, 0.2) is 0 Å². The summed E-state index contributed by atoms with van der Waals surface area (Å²) < 4.78 is 42.5. The van der Waals surface area contributed by atoms with E-state index in [-0.39, 0.29) is 0 Å². The van der Waals surface area contributed by atoms with E-state index in [1.54, 1.807) is 18.4 Å². The maximum atomic E-state index is 10.6. The molecule has 1 atom stereocenters. The second-order valence-electron chi connectivity index (χ2n) is 7.64. The van der Waals surface area contributed by atoms with E-state index in [4.69, 9.17) is 19.4 Å². The van der Waals surface area contributed by atoms with Gasteiger partial charge < -0.3 is 24.4 Å². The summed E-state index contributed by atoms with van der Waals surface area (Å²) in [5.41, 5.74) is 0.389. The Balaban J connectivity index is 0.000000396. The van der Waals surface area contributed by atoms with Gasteiger partial charge in [0.25, 0.3) is 0 Å². The van der Waals surface area contributed by atoms with Crippen LogP contribution in [-0.4, -0.2) is 92.5 Å². The minimum atomic E-state index is -5.08. The Labute approximate surface area is 178 Å². The highest BCUT2D eigenvalue weighted by Crippen LogP contribution is 2.45. The van der Waals surface area contributed by atoms with Crippen LogP contribution >= 0.6 is 11.3 Å². The number of methoxy groups -OCH3 is 2. The molecule has 1 aromatic rings. The van der Waals surface area contributed by atoms with Crippen LogP contribution in [0, 0.1) is 18.3 Å². The van der Waals surface area contributed by atoms with Crippen LogP contribution in [0.2, 0.25) is 0 Å². The molecule has 0 bridgehead atoms. The van der Waals surface area contributed by atoms with E-state index in [1.165, 1.54) is 19.4 Å². The van der Waals surface area contributed by atoms with Crippen molar-refractivity contribution in [3.8, 4) is 0 Å². The average Bonchev–Trinajstić information content (AvgIpc) is 3.25. The number of nitrogens with zero attached hydrogens (tertiary/aromatic N) is 4. The van der Waals surface area contributed by atoms with Gasteiger partial charge >= 0.3 is 12.1 Å². The standard InChI is InChI=1S/C16H28N4O2S.C2HF3O2/c1-13-17-18-15(23-13)20-6-4-16(5-7-20)12-19(8-9-21-2)10-14(16)11-22-3;3-2(4,5)1(6)7/h14H,4-12H2,1-3H3;(H,6,7). The predicted octanol–water partition coefficient (Wildman–Crippen LogP) is 2.29. The minimum absolute atomic E-state index is 0.389. The number of likely N-dealkylation sites (tertiary alicyclic amines) is 1. The van der Waals surface area contributed by atoms with E-state index in [0.717, 1.165) is 49.5 Å². The van der Waals surface area contributed by atoms with Crippen molar-refractivity contribution in [3.05, 3.63) is 5.01 Å². The van der Waals surface area contributed by atoms with Crippen LogP contribution < -0.4 is 4.90 Å². The summed E-state index contributed by atoms with van der Waals surface area (Å²) in [6, 6.07) is 0. The smallest absolute Gasteiger partial charge is 0.475 e. The van der Waals surface area contributed by atoms with Gasteiger partial charge in [-0.05, 0) is 25.2 Å². The molecule has 3 heterocycles. The van der Waals surface area contributed by atoms with Crippen LogP contribution in [0.15, 0.2) is 0 Å². The van der Waals surface area contributed by atoms with Gasteiger partial charge in [-0.15, -0.1) is 10.2 Å². The Bertz CT molecular complexity index is 681. The lowest BCUT2D eigenvalue weighted by Crippen LogP contribution is -2.45. The summed E-state index contributed by atoms with van der Waals surface area (Å²) in [5, 5.41) is 17.7. The zero-order valence-corrected chi connectivity index (χ0v) is 18.3. The van der Waals surface area contributed by atoms with Crippen LogP contribution in [0.1, 0.15) is 17.8 Å². The number of carboxylic acids is 1. The van der Waals surface area contributed by atoms with Crippen LogP contribution in [0.3, 0.4) is 0 Å². The van der Waals surface area contributed by atoms with Crippen LogP contribution in [0.25, 0.3) is 0 Å². The molecule has 30 heavy (non-hydrogen) atoms. The molecule has 0 aromatic carbocycles. The molecule has 8 nitrogen and oxygen atoms in total. The number of carbonyl (C=O) groups is 1. The number of piperidine rings is 1. The highest BCUT2D eigenvalue weighted by atomic mass is 32.1. The predicted molar refractivity (Wildman–Crippen MR) is 106 cm³/mol. The number of aryl methyl sites for hydroxylation is 1. The number of ether oxygens (including phenoxy) is 2. The molecule has 0 amide bonds. The molecule has 172 valence electrons. The first-order valence-corrected chi connectivity index (χ1v) is 10.5. The molecular formula is C18H29F3N4O4S. The molecule has 3 rings (SSSR count). The number of halogens is 3. The normalized spacial score (nSPS) is 21.5. The first-order valence-electron chi connectivity index (χ1n) is 9.66. The quantitative estimate of drug-likeness (QED) is 0.701. The molecule has 0 radical (unpaired) electrons. The molecule has 1 unspecified atom stereocenters. The minimum Gasteiger partial charge on any atom is -0.475 e.